The minimum atomic E-state index is 0.307. The van der Waals surface area contributed by atoms with Crippen LogP contribution < -0.4 is 0 Å². The molecule has 258 valence electrons. The highest BCUT2D eigenvalue weighted by molar-refractivity contribution is 6.25. The maximum atomic E-state index is 6.46. The predicted molar refractivity (Wildman–Crippen MR) is 225 cm³/mol. The second-order valence-corrected chi connectivity index (χ2v) is 14.0. The van der Waals surface area contributed by atoms with E-state index < -0.39 is 0 Å². The lowest BCUT2D eigenvalue weighted by Crippen LogP contribution is -2.08. The summed E-state index contributed by atoms with van der Waals surface area (Å²) in [5.41, 5.74) is 8.50. The lowest BCUT2D eigenvalue weighted by molar-refractivity contribution is 0.586. The van der Waals surface area contributed by atoms with E-state index in [-0.39, 0.29) is 0 Å². The highest BCUT2D eigenvalue weighted by atomic mass is 16.3. The molecule has 0 saturated heterocycles. The number of hydrogen-bond acceptors (Lipinski definition) is 3. The van der Waals surface area contributed by atoms with Crippen LogP contribution in [0.1, 0.15) is 47.3 Å². The number of amidine groups is 2. The van der Waals surface area contributed by atoms with Gasteiger partial charge in [-0.25, -0.2) is 9.98 Å². The van der Waals surface area contributed by atoms with Gasteiger partial charge in [0.25, 0.3) is 0 Å². The third kappa shape index (κ3) is 5.36. The summed E-state index contributed by atoms with van der Waals surface area (Å²) in [7, 11) is 0. The van der Waals surface area contributed by atoms with Crippen LogP contribution in [0.4, 0.5) is 0 Å². The van der Waals surface area contributed by atoms with Crippen LogP contribution in [0.5, 0.6) is 0 Å². The maximum Gasteiger partial charge on any atom is 0.162 e. The quantitative estimate of drug-likeness (QED) is 0.133. The summed E-state index contributed by atoms with van der Waals surface area (Å²) < 4.78 is 12.9. The number of hydrogen-bond donors (Lipinski definition) is 0. The van der Waals surface area contributed by atoms with Crippen molar-refractivity contribution in [1.29, 1.82) is 0 Å². The molecule has 0 bridgehead atoms. The first-order valence-corrected chi connectivity index (χ1v) is 18.4. The van der Waals surface area contributed by atoms with Gasteiger partial charge in [-0.2, -0.15) is 0 Å². The van der Waals surface area contributed by atoms with Crippen molar-refractivity contribution < 1.29 is 8.83 Å². The minimum Gasteiger partial charge on any atom is -0.456 e. The van der Waals surface area contributed by atoms with Crippen molar-refractivity contribution in [3.05, 3.63) is 174 Å². The first-order valence-electron chi connectivity index (χ1n) is 18.4. The van der Waals surface area contributed by atoms with Gasteiger partial charge in [0.1, 0.15) is 22.5 Å². The van der Waals surface area contributed by atoms with Gasteiger partial charge in [-0.05, 0) is 99.8 Å². The molecule has 0 aliphatic heterocycles. The number of aliphatic imine (C=N–C) groups is 3. The van der Waals surface area contributed by atoms with Gasteiger partial charge in [0.05, 0.1) is 6.54 Å². The van der Waals surface area contributed by atoms with Crippen LogP contribution >= 0.6 is 0 Å². The topological polar surface area (TPSA) is 63.4 Å². The van der Waals surface area contributed by atoms with Crippen LogP contribution in [0.2, 0.25) is 0 Å². The normalized spacial score (nSPS) is 14.8. The Morgan fingerprint density at radius 3 is 2.20 bits per heavy atom. The van der Waals surface area contributed by atoms with Crippen LogP contribution in [-0.2, 0) is 6.54 Å². The zero-order valence-electron chi connectivity index (χ0n) is 29.8. The monoisotopic (exact) mass is 697 g/mol. The Kier molecular flexibility index (Phi) is 7.65. The molecular weight excluding hydrogens is 663 g/mol. The highest BCUT2D eigenvalue weighted by Gasteiger charge is 2.26. The van der Waals surface area contributed by atoms with E-state index in [9.17, 15) is 0 Å². The van der Waals surface area contributed by atoms with E-state index in [2.05, 4.69) is 147 Å². The zero-order valence-corrected chi connectivity index (χ0v) is 29.8. The summed E-state index contributed by atoms with van der Waals surface area (Å²) in [6, 6.07) is 48.2. The SMILES string of the molecule is C=NC(=NC(=NCc1ccc2ccccc2c1)c1ccc2ccccc2c1)c1c(-c2cccc3oc4c(c23)C(C)CC=C4)ccc2oc3ccccc3c12. The van der Waals surface area contributed by atoms with Gasteiger partial charge < -0.3 is 8.83 Å². The summed E-state index contributed by atoms with van der Waals surface area (Å²) in [5.74, 6) is 2.27. The molecule has 0 amide bonds. The summed E-state index contributed by atoms with van der Waals surface area (Å²) in [5, 5.41) is 7.67. The summed E-state index contributed by atoms with van der Waals surface area (Å²) >= 11 is 0. The van der Waals surface area contributed by atoms with Crippen LogP contribution in [0.25, 0.3) is 71.7 Å². The molecule has 54 heavy (non-hydrogen) atoms. The van der Waals surface area contributed by atoms with Crippen molar-refractivity contribution in [2.24, 2.45) is 15.0 Å². The lowest BCUT2D eigenvalue weighted by Gasteiger charge is -2.16. The maximum absolute atomic E-state index is 6.46. The van der Waals surface area contributed by atoms with Gasteiger partial charge in [0, 0.05) is 32.8 Å². The van der Waals surface area contributed by atoms with E-state index in [0.29, 0.717) is 24.1 Å². The van der Waals surface area contributed by atoms with Crippen molar-refractivity contribution in [3.63, 3.8) is 0 Å². The van der Waals surface area contributed by atoms with Crippen molar-refractivity contribution in [2.45, 2.75) is 25.8 Å². The summed E-state index contributed by atoms with van der Waals surface area (Å²) in [4.78, 5) is 15.3. The fourth-order valence-electron chi connectivity index (χ4n) is 8.09. The standard InChI is InChI=1S/C49H35N3O2/c1-30-11-9-19-41-44(30)45-37(17-10-20-42(45)54-41)38-25-26-43-46(39-16-7-8-18-40(39)53-43)47(38)49(50-2)52-48(36-24-23-33-13-4-6-15-35(33)28-36)51-29-31-21-22-32-12-3-5-14-34(32)27-31/h3-10,12-28,30H,2,11,29H2,1H3. The first kappa shape index (κ1) is 31.9. The molecule has 7 aromatic carbocycles. The Balaban J connectivity index is 1.23. The molecule has 10 rings (SSSR count). The predicted octanol–water partition coefficient (Wildman–Crippen LogP) is 12.9. The van der Waals surface area contributed by atoms with E-state index in [1.54, 1.807) is 0 Å². The number of nitrogens with zero attached hydrogens (tertiary/aromatic N) is 3. The Hall–Kier alpha value is -6.85. The van der Waals surface area contributed by atoms with Gasteiger partial charge in [-0.3, -0.25) is 4.99 Å². The fraction of sp³-hybridized carbons (Fsp3) is 0.0816. The van der Waals surface area contributed by atoms with Gasteiger partial charge in [-0.15, -0.1) is 0 Å². The molecule has 1 aliphatic rings. The second-order valence-electron chi connectivity index (χ2n) is 14.0. The number of allylic oxidation sites excluding steroid dienone is 1. The van der Waals surface area contributed by atoms with Gasteiger partial charge in [0.2, 0.25) is 0 Å². The molecule has 5 nitrogen and oxygen atoms in total. The highest BCUT2D eigenvalue weighted by Crippen LogP contribution is 2.45. The molecular formula is C49H35N3O2. The molecule has 2 aromatic heterocycles. The van der Waals surface area contributed by atoms with E-state index in [0.717, 1.165) is 83.7 Å². The number of para-hydroxylation sites is 1. The van der Waals surface area contributed by atoms with Crippen LogP contribution in [-0.4, -0.2) is 18.4 Å². The van der Waals surface area contributed by atoms with Crippen molar-refractivity contribution in [3.8, 4) is 11.1 Å². The molecule has 9 aromatic rings. The number of furan rings is 2. The minimum absolute atomic E-state index is 0.307. The zero-order chi connectivity index (χ0) is 36.2. The molecule has 1 atom stereocenters. The molecule has 0 N–H and O–H groups in total. The number of benzene rings is 7. The molecule has 2 heterocycles. The molecule has 0 saturated carbocycles. The third-order valence-corrected chi connectivity index (χ3v) is 10.7. The van der Waals surface area contributed by atoms with Gasteiger partial charge >= 0.3 is 0 Å². The van der Waals surface area contributed by atoms with E-state index in [4.69, 9.17) is 23.8 Å². The number of fused-ring (bicyclic) bond motifs is 8. The molecule has 1 unspecified atom stereocenters. The largest absolute Gasteiger partial charge is 0.456 e. The second kappa shape index (κ2) is 13.0. The summed E-state index contributed by atoms with van der Waals surface area (Å²) in [6.07, 6.45) is 5.26. The molecule has 0 spiro atoms. The van der Waals surface area contributed by atoms with E-state index >= 15 is 0 Å². The van der Waals surface area contributed by atoms with Crippen LogP contribution in [0, 0.1) is 0 Å². The fourth-order valence-corrected chi connectivity index (χ4v) is 8.09. The van der Waals surface area contributed by atoms with Gasteiger partial charge in [0.15, 0.2) is 11.7 Å². The average molecular weight is 698 g/mol. The van der Waals surface area contributed by atoms with Crippen LogP contribution in [0.15, 0.2) is 169 Å². The van der Waals surface area contributed by atoms with Crippen molar-refractivity contribution >= 4 is 78.9 Å². The third-order valence-electron chi connectivity index (χ3n) is 10.7. The Morgan fingerprint density at radius 2 is 1.37 bits per heavy atom. The van der Waals surface area contributed by atoms with Crippen molar-refractivity contribution in [2.75, 3.05) is 0 Å². The Labute approximate surface area is 312 Å². The smallest absolute Gasteiger partial charge is 0.162 e. The van der Waals surface area contributed by atoms with E-state index in [1.807, 2.05) is 18.2 Å². The average Bonchev–Trinajstić information content (AvgIpc) is 3.80. The Bertz CT molecular complexity index is 3050. The summed E-state index contributed by atoms with van der Waals surface area (Å²) in [6.45, 7) is 6.84. The molecule has 0 fully saturated rings. The van der Waals surface area contributed by atoms with E-state index in [1.165, 1.54) is 16.3 Å². The lowest BCUT2D eigenvalue weighted by atomic mass is 9.86. The van der Waals surface area contributed by atoms with Gasteiger partial charge in [-0.1, -0.05) is 116 Å². The Morgan fingerprint density at radius 1 is 0.648 bits per heavy atom. The molecule has 1 aliphatic carbocycles. The van der Waals surface area contributed by atoms with Crippen LogP contribution in [0.3, 0.4) is 0 Å². The molecule has 5 heteroatoms. The number of rotatable bonds is 5. The first-order chi connectivity index (χ1) is 26.6. The van der Waals surface area contributed by atoms with Crippen molar-refractivity contribution in [1.82, 2.24) is 0 Å². The molecule has 0 radical (unpaired) electrons.